The molecule has 0 radical (unpaired) electrons. The first-order valence-electron chi connectivity index (χ1n) is 8.78. The molecule has 2 rings (SSSR count). The van der Waals surface area contributed by atoms with Gasteiger partial charge in [-0.25, -0.2) is 0 Å². The summed E-state index contributed by atoms with van der Waals surface area (Å²) in [5, 5.41) is 5.57. The van der Waals surface area contributed by atoms with Crippen molar-refractivity contribution in [3.05, 3.63) is 59.7 Å². The molecule has 2 aromatic rings. The SMILES string of the molecule is CC(C)NC(=O)c1cccc(NC(=O)COc2ccc(C(C)C)cc2)c1. The lowest BCUT2D eigenvalue weighted by Gasteiger charge is -2.11. The highest BCUT2D eigenvalue weighted by molar-refractivity contribution is 5.97. The predicted octanol–water partition coefficient (Wildman–Crippen LogP) is 3.97. The summed E-state index contributed by atoms with van der Waals surface area (Å²) in [5.41, 5.74) is 2.28. The molecule has 0 atom stereocenters. The third-order valence-electron chi connectivity index (χ3n) is 3.74. The average molecular weight is 354 g/mol. The molecule has 0 aliphatic rings. The molecule has 0 bridgehead atoms. The van der Waals surface area contributed by atoms with Gasteiger partial charge in [-0.2, -0.15) is 0 Å². The number of rotatable bonds is 7. The molecular formula is C21H26N2O3. The van der Waals surface area contributed by atoms with E-state index in [0.717, 1.165) is 0 Å². The first kappa shape index (κ1) is 19.5. The summed E-state index contributed by atoms with van der Waals surface area (Å²) in [4.78, 5) is 24.1. The predicted molar refractivity (Wildman–Crippen MR) is 104 cm³/mol. The molecule has 0 unspecified atom stereocenters. The van der Waals surface area contributed by atoms with Gasteiger partial charge in [0, 0.05) is 17.3 Å². The van der Waals surface area contributed by atoms with Gasteiger partial charge in [0.1, 0.15) is 5.75 Å². The highest BCUT2D eigenvalue weighted by Crippen LogP contribution is 2.18. The zero-order chi connectivity index (χ0) is 19.1. The van der Waals surface area contributed by atoms with Crippen LogP contribution in [0.3, 0.4) is 0 Å². The van der Waals surface area contributed by atoms with Gasteiger partial charge in [-0.1, -0.05) is 32.0 Å². The lowest BCUT2D eigenvalue weighted by molar-refractivity contribution is -0.118. The minimum absolute atomic E-state index is 0.0521. The van der Waals surface area contributed by atoms with Crippen molar-refractivity contribution in [2.24, 2.45) is 0 Å². The second kappa shape index (κ2) is 9.04. The van der Waals surface area contributed by atoms with E-state index < -0.39 is 0 Å². The summed E-state index contributed by atoms with van der Waals surface area (Å²) in [6.45, 7) is 7.95. The van der Waals surface area contributed by atoms with E-state index in [2.05, 4.69) is 24.5 Å². The highest BCUT2D eigenvalue weighted by Gasteiger charge is 2.09. The van der Waals surface area contributed by atoms with Crippen LogP contribution in [0, 0.1) is 0 Å². The van der Waals surface area contributed by atoms with Gasteiger partial charge >= 0.3 is 0 Å². The number of anilines is 1. The van der Waals surface area contributed by atoms with Crippen LogP contribution in [0.4, 0.5) is 5.69 Å². The van der Waals surface area contributed by atoms with E-state index in [9.17, 15) is 9.59 Å². The molecule has 2 amide bonds. The van der Waals surface area contributed by atoms with Crippen LogP contribution in [0.5, 0.6) is 5.75 Å². The largest absolute Gasteiger partial charge is 0.484 e. The van der Waals surface area contributed by atoms with Crippen molar-refractivity contribution in [1.82, 2.24) is 5.32 Å². The summed E-state index contributed by atoms with van der Waals surface area (Å²) in [7, 11) is 0. The van der Waals surface area contributed by atoms with Gasteiger partial charge in [0.25, 0.3) is 11.8 Å². The summed E-state index contributed by atoms with van der Waals surface area (Å²) in [6.07, 6.45) is 0. The van der Waals surface area contributed by atoms with E-state index in [1.807, 2.05) is 38.1 Å². The van der Waals surface area contributed by atoms with Gasteiger partial charge in [-0.05, 0) is 55.7 Å². The minimum atomic E-state index is -0.278. The van der Waals surface area contributed by atoms with E-state index in [0.29, 0.717) is 22.9 Å². The van der Waals surface area contributed by atoms with Crippen molar-refractivity contribution in [3.8, 4) is 5.75 Å². The zero-order valence-corrected chi connectivity index (χ0v) is 15.7. The van der Waals surface area contributed by atoms with Gasteiger partial charge in [0.15, 0.2) is 6.61 Å². The zero-order valence-electron chi connectivity index (χ0n) is 15.7. The number of carbonyl (C=O) groups excluding carboxylic acids is 2. The molecule has 0 heterocycles. The Kier molecular flexibility index (Phi) is 6.78. The summed E-state index contributed by atoms with van der Waals surface area (Å²) in [6, 6.07) is 14.6. The number of ether oxygens (including phenoxy) is 1. The van der Waals surface area contributed by atoms with Crippen molar-refractivity contribution in [1.29, 1.82) is 0 Å². The van der Waals surface area contributed by atoms with Crippen molar-refractivity contribution < 1.29 is 14.3 Å². The molecule has 5 nitrogen and oxygen atoms in total. The third kappa shape index (κ3) is 5.92. The molecule has 0 aromatic heterocycles. The number of carbonyl (C=O) groups is 2. The Bertz CT molecular complexity index is 752. The summed E-state index contributed by atoms with van der Waals surface area (Å²) < 4.78 is 5.51. The molecule has 2 N–H and O–H groups in total. The van der Waals surface area contributed by atoms with Crippen LogP contribution in [0.2, 0.25) is 0 Å². The van der Waals surface area contributed by atoms with Crippen LogP contribution in [0.25, 0.3) is 0 Å². The van der Waals surface area contributed by atoms with Crippen LogP contribution in [0.15, 0.2) is 48.5 Å². The third-order valence-corrected chi connectivity index (χ3v) is 3.74. The molecular weight excluding hydrogens is 328 g/mol. The molecule has 2 aromatic carbocycles. The second-order valence-corrected chi connectivity index (χ2v) is 6.77. The Hall–Kier alpha value is -2.82. The average Bonchev–Trinajstić information content (AvgIpc) is 2.60. The van der Waals surface area contributed by atoms with Crippen molar-refractivity contribution in [3.63, 3.8) is 0 Å². The maximum absolute atomic E-state index is 12.1. The minimum Gasteiger partial charge on any atom is -0.484 e. The number of amides is 2. The Morgan fingerprint density at radius 1 is 1.00 bits per heavy atom. The summed E-state index contributed by atoms with van der Waals surface area (Å²) in [5.74, 6) is 0.652. The number of benzene rings is 2. The van der Waals surface area contributed by atoms with Crippen molar-refractivity contribution >= 4 is 17.5 Å². The molecule has 0 aliphatic carbocycles. The molecule has 0 fully saturated rings. The van der Waals surface area contributed by atoms with Crippen molar-refractivity contribution in [2.45, 2.75) is 39.7 Å². The molecule has 0 spiro atoms. The van der Waals surface area contributed by atoms with Gasteiger partial charge in [-0.15, -0.1) is 0 Å². The van der Waals surface area contributed by atoms with Gasteiger partial charge < -0.3 is 15.4 Å². The lowest BCUT2D eigenvalue weighted by Crippen LogP contribution is -2.30. The molecule has 138 valence electrons. The van der Waals surface area contributed by atoms with Gasteiger partial charge in [0.05, 0.1) is 0 Å². The highest BCUT2D eigenvalue weighted by atomic mass is 16.5. The Morgan fingerprint density at radius 3 is 2.31 bits per heavy atom. The van der Waals surface area contributed by atoms with E-state index in [-0.39, 0.29) is 24.5 Å². The van der Waals surface area contributed by atoms with Crippen LogP contribution >= 0.6 is 0 Å². The Balaban J connectivity index is 1.90. The van der Waals surface area contributed by atoms with Crippen molar-refractivity contribution in [2.75, 3.05) is 11.9 Å². The monoisotopic (exact) mass is 354 g/mol. The molecule has 0 aliphatic heterocycles. The smallest absolute Gasteiger partial charge is 0.262 e. The van der Waals surface area contributed by atoms with Crippen LogP contribution in [-0.2, 0) is 4.79 Å². The number of hydrogen-bond donors (Lipinski definition) is 2. The fourth-order valence-corrected chi connectivity index (χ4v) is 2.38. The molecule has 0 saturated heterocycles. The lowest BCUT2D eigenvalue weighted by atomic mass is 10.0. The fourth-order valence-electron chi connectivity index (χ4n) is 2.38. The van der Waals surface area contributed by atoms with Crippen LogP contribution in [0.1, 0.15) is 49.5 Å². The maximum Gasteiger partial charge on any atom is 0.262 e. The normalized spacial score (nSPS) is 10.7. The Labute approximate surface area is 154 Å². The first-order chi connectivity index (χ1) is 12.3. The van der Waals surface area contributed by atoms with Gasteiger partial charge in [0.2, 0.25) is 0 Å². The standard InChI is InChI=1S/C21H26N2O3/c1-14(2)16-8-10-19(11-9-16)26-13-20(24)23-18-7-5-6-17(12-18)21(25)22-15(3)4/h5-12,14-15H,13H2,1-4H3,(H,22,25)(H,23,24). The van der Waals surface area contributed by atoms with E-state index in [1.165, 1.54) is 5.56 Å². The number of hydrogen-bond acceptors (Lipinski definition) is 3. The molecule has 5 heteroatoms. The maximum atomic E-state index is 12.1. The second-order valence-electron chi connectivity index (χ2n) is 6.77. The first-order valence-corrected chi connectivity index (χ1v) is 8.78. The topological polar surface area (TPSA) is 67.4 Å². The van der Waals surface area contributed by atoms with E-state index in [1.54, 1.807) is 24.3 Å². The molecule has 0 saturated carbocycles. The van der Waals surface area contributed by atoms with E-state index in [4.69, 9.17) is 4.74 Å². The van der Waals surface area contributed by atoms with Crippen LogP contribution in [-0.4, -0.2) is 24.5 Å². The van der Waals surface area contributed by atoms with Gasteiger partial charge in [-0.3, -0.25) is 9.59 Å². The summed E-state index contributed by atoms with van der Waals surface area (Å²) >= 11 is 0. The fraction of sp³-hybridized carbons (Fsp3) is 0.333. The Morgan fingerprint density at radius 2 is 1.69 bits per heavy atom. The number of nitrogens with one attached hydrogen (secondary N) is 2. The quantitative estimate of drug-likeness (QED) is 0.791. The van der Waals surface area contributed by atoms with Crippen LogP contribution < -0.4 is 15.4 Å². The molecule has 26 heavy (non-hydrogen) atoms. The van der Waals surface area contributed by atoms with E-state index >= 15 is 0 Å².